The Balaban J connectivity index is 2.18. The van der Waals surface area contributed by atoms with Crippen LogP contribution in [0.4, 0.5) is 13.2 Å². The molecular formula is C27H38F3IN2O2Si. The summed E-state index contributed by atoms with van der Waals surface area (Å²) < 4.78 is 47.0. The van der Waals surface area contributed by atoms with E-state index < -0.39 is 26.2 Å². The van der Waals surface area contributed by atoms with Crippen LogP contribution >= 0.6 is 22.6 Å². The van der Waals surface area contributed by atoms with Crippen molar-refractivity contribution in [2.75, 3.05) is 0 Å². The summed E-state index contributed by atoms with van der Waals surface area (Å²) in [7, 11) is -2.13. The number of alkyl halides is 3. The van der Waals surface area contributed by atoms with Crippen LogP contribution < -0.4 is 0 Å². The standard InChI is InChI=1S/C27H38F3IN2O2Si/c1-15(2)23-21(24(34)17-11-10-16(14-32-17)27(28,29)30)22(31)20-18(33-23)12-26(6,7)13-19(20)35-36(8,9)25(3,4)5/h10-11,14-15,19,24,34H,12-13H2,1-9H3/t19-,24?/m1/s1. The molecule has 2 aromatic rings. The number of nitrogens with zero attached hydrogens (tertiary/aromatic N) is 2. The Hall–Kier alpha value is -1.04. The third-order valence-corrected chi connectivity index (χ3v) is 13.1. The van der Waals surface area contributed by atoms with E-state index in [9.17, 15) is 18.3 Å². The molecule has 3 rings (SSSR count). The summed E-state index contributed by atoms with van der Waals surface area (Å²) in [5, 5.41) is 11.5. The monoisotopic (exact) mass is 634 g/mol. The van der Waals surface area contributed by atoms with Crippen LogP contribution in [0, 0.1) is 8.99 Å². The average molecular weight is 635 g/mol. The summed E-state index contributed by atoms with van der Waals surface area (Å²) in [5.41, 5.74) is 2.67. The van der Waals surface area contributed by atoms with Crippen LogP contribution in [0.25, 0.3) is 0 Å². The highest BCUT2D eigenvalue weighted by Gasteiger charge is 2.44. The second kappa shape index (κ2) is 9.93. The van der Waals surface area contributed by atoms with Gasteiger partial charge in [0.2, 0.25) is 0 Å². The van der Waals surface area contributed by atoms with Crippen molar-refractivity contribution in [3.63, 3.8) is 0 Å². The summed E-state index contributed by atoms with van der Waals surface area (Å²) in [6.07, 6.45) is -3.45. The minimum atomic E-state index is -4.48. The zero-order valence-electron chi connectivity index (χ0n) is 22.6. The summed E-state index contributed by atoms with van der Waals surface area (Å²) >= 11 is 2.27. The van der Waals surface area contributed by atoms with Crippen molar-refractivity contribution in [1.29, 1.82) is 0 Å². The average Bonchev–Trinajstić information content (AvgIpc) is 2.70. The van der Waals surface area contributed by atoms with Crippen molar-refractivity contribution in [2.45, 2.75) is 104 Å². The number of aliphatic hydroxyl groups excluding tert-OH is 1. The zero-order chi connectivity index (χ0) is 27.4. The summed E-state index contributed by atoms with van der Waals surface area (Å²) in [4.78, 5) is 9.06. The molecule has 0 aromatic carbocycles. The lowest BCUT2D eigenvalue weighted by Gasteiger charge is -2.44. The fourth-order valence-electron chi connectivity index (χ4n) is 4.46. The van der Waals surface area contributed by atoms with Crippen LogP contribution in [0.15, 0.2) is 18.3 Å². The lowest BCUT2D eigenvalue weighted by atomic mass is 9.74. The predicted molar refractivity (Wildman–Crippen MR) is 147 cm³/mol. The molecule has 4 nitrogen and oxygen atoms in total. The number of fused-ring (bicyclic) bond motifs is 1. The molecule has 1 N–H and O–H groups in total. The summed E-state index contributed by atoms with van der Waals surface area (Å²) in [6, 6.07) is 2.21. The highest BCUT2D eigenvalue weighted by molar-refractivity contribution is 14.1. The molecule has 1 aliphatic rings. The highest BCUT2D eigenvalue weighted by Crippen LogP contribution is 2.50. The molecule has 2 atom stereocenters. The second-order valence-corrected chi connectivity index (χ2v) is 18.4. The molecule has 0 radical (unpaired) electrons. The van der Waals surface area contributed by atoms with E-state index in [1.165, 1.54) is 6.07 Å². The van der Waals surface area contributed by atoms with Gasteiger partial charge >= 0.3 is 6.18 Å². The van der Waals surface area contributed by atoms with Crippen LogP contribution in [-0.2, 0) is 17.0 Å². The largest absolute Gasteiger partial charge is 0.417 e. The molecule has 9 heteroatoms. The fraction of sp³-hybridized carbons (Fsp3) is 0.630. The van der Waals surface area contributed by atoms with Crippen LogP contribution in [0.1, 0.15) is 107 Å². The van der Waals surface area contributed by atoms with Gasteiger partial charge in [-0.1, -0.05) is 48.5 Å². The number of aromatic nitrogens is 2. The van der Waals surface area contributed by atoms with Crippen molar-refractivity contribution in [3.05, 3.63) is 55.7 Å². The van der Waals surface area contributed by atoms with Gasteiger partial charge in [0.15, 0.2) is 8.32 Å². The molecule has 0 fully saturated rings. The van der Waals surface area contributed by atoms with Gasteiger partial charge in [-0.3, -0.25) is 9.97 Å². The number of aliphatic hydroxyl groups is 1. The SMILES string of the molecule is CC(C)c1nc2c(c(I)c1C(O)c1ccc(C(F)(F)F)cn1)[C@H](O[Si](C)(C)C(C)(C)C)CC(C)(C)C2. The van der Waals surface area contributed by atoms with Crippen LogP contribution in [0.5, 0.6) is 0 Å². The number of pyridine rings is 2. The minimum absolute atomic E-state index is 0.000521. The molecule has 0 saturated heterocycles. The molecule has 1 unspecified atom stereocenters. The Morgan fingerprint density at radius 2 is 1.78 bits per heavy atom. The molecule has 0 spiro atoms. The zero-order valence-corrected chi connectivity index (χ0v) is 25.8. The van der Waals surface area contributed by atoms with E-state index in [4.69, 9.17) is 9.41 Å². The van der Waals surface area contributed by atoms with Gasteiger partial charge < -0.3 is 9.53 Å². The normalized spacial score (nSPS) is 19.4. The van der Waals surface area contributed by atoms with Crippen LogP contribution in [0.2, 0.25) is 18.1 Å². The maximum Gasteiger partial charge on any atom is 0.417 e. The minimum Gasteiger partial charge on any atom is -0.410 e. The number of rotatable bonds is 5. The third-order valence-electron chi connectivity index (χ3n) is 7.48. The summed E-state index contributed by atoms with van der Waals surface area (Å²) in [6.45, 7) is 19.6. The second-order valence-electron chi connectivity index (χ2n) is 12.5. The maximum atomic E-state index is 13.1. The van der Waals surface area contributed by atoms with E-state index in [1.54, 1.807) is 0 Å². The first-order valence-electron chi connectivity index (χ1n) is 12.4. The van der Waals surface area contributed by atoms with Gasteiger partial charge in [-0.15, -0.1) is 0 Å². The number of halogens is 4. The molecule has 2 heterocycles. The molecule has 200 valence electrons. The molecular weight excluding hydrogens is 596 g/mol. The summed E-state index contributed by atoms with van der Waals surface area (Å²) in [5.74, 6) is 0.00714. The van der Waals surface area contributed by atoms with Crippen LogP contribution in [0.3, 0.4) is 0 Å². The fourth-order valence-corrected chi connectivity index (χ4v) is 6.95. The van der Waals surface area contributed by atoms with Gasteiger partial charge in [-0.2, -0.15) is 13.2 Å². The van der Waals surface area contributed by atoms with E-state index >= 15 is 0 Å². The molecule has 36 heavy (non-hydrogen) atoms. The van der Waals surface area contributed by atoms with E-state index in [2.05, 4.69) is 75.3 Å². The molecule has 0 aliphatic heterocycles. The van der Waals surface area contributed by atoms with Crippen molar-refractivity contribution in [2.24, 2.45) is 5.41 Å². The lowest BCUT2D eigenvalue weighted by molar-refractivity contribution is -0.137. The van der Waals surface area contributed by atoms with Crippen molar-refractivity contribution in [1.82, 2.24) is 9.97 Å². The Bertz CT molecular complexity index is 1110. The lowest BCUT2D eigenvalue weighted by Crippen LogP contribution is -2.44. The number of hydrogen-bond acceptors (Lipinski definition) is 4. The Morgan fingerprint density at radius 3 is 2.25 bits per heavy atom. The van der Waals surface area contributed by atoms with Crippen molar-refractivity contribution >= 4 is 30.9 Å². The van der Waals surface area contributed by atoms with E-state index in [1.807, 2.05) is 13.8 Å². The Labute approximate surface area is 227 Å². The predicted octanol–water partition coefficient (Wildman–Crippen LogP) is 8.34. The topological polar surface area (TPSA) is 55.2 Å². The van der Waals surface area contributed by atoms with E-state index in [0.717, 1.165) is 45.6 Å². The maximum absolute atomic E-state index is 13.1. The molecule has 2 aromatic heterocycles. The molecule has 0 amide bonds. The first-order valence-corrected chi connectivity index (χ1v) is 16.3. The Kier molecular flexibility index (Phi) is 8.14. The quantitative estimate of drug-likeness (QED) is 0.266. The molecule has 0 bridgehead atoms. The Morgan fingerprint density at radius 1 is 1.17 bits per heavy atom. The first-order chi connectivity index (χ1) is 16.2. The van der Waals surface area contributed by atoms with Gasteiger partial charge in [-0.05, 0) is 77.0 Å². The van der Waals surface area contributed by atoms with Gasteiger partial charge in [0.25, 0.3) is 0 Å². The smallest absolute Gasteiger partial charge is 0.410 e. The van der Waals surface area contributed by atoms with E-state index in [0.29, 0.717) is 5.56 Å². The number of hydrogen-bond donors (Lipinski definition) is 1. The molecule has 0 saturated carbocycles. The van der Waals surface area contributed by atoms with Crippen molar-refractivity contribution < 1.29 is 22.7 Å². The van der Waals surface area contributed by atoms with Crippen molar-refractivity contribution in [3.8, 4) is 0 Å². The third kappa shape index (κ3) is 5.99. The first kappa shape index (κ1) is 29.5. The van der Waals surface area contributed by atoms with Crippen LogP contribution in [-0.4, -0.2) is 23.4 Å². The van der Waals surface area contributed by atoms with E-state index in [-0.39, 0.29) is 28.2 Å². The highest BCUT2D eigenvalue weighted by atomic mass is 127. The van der Waals surface area contributed by atoms with Gasteiger partial charge in [0.05, 0.1) is 23.1 Å². The van der Waals surface area contributed by atoms with Gasteiger partial charge in [0.1, 0.15) is 6.10 Å². The molecule has 1 aliphatic carbocycles. The van der Waals surface area contributed by atoms with Gasteiger partial charge in [0, 0.05) is 26.6 Å². The van der Waals surface area contributed by atoms with Gasteiger partial charge in [-0.25, -0.2) is 0 Å².